The minimum Gasteiger partial charge on any atom is -0.361 e. The number of amides is 2. The molecule has 0 unspecified atom stereocenters. The summed E-state index contributed by atoms with van der Waals surface area (Å²) in [5.74, 6) is 0.370. The summed E-state index contributed by atoms with van der Waals surface area (Å²) in [6.07, 6.45) is 17.4. The summed E-state index contributed by atoms with van der Waals surface area (Å²) in [5.41, 5.74) is 5.38. The number of fused-ring (bicyclic) bond motifs is 2. The number of nitrogens with one attached hydrogen (secondary N) is 1. The summed E-state index contributed by atoms with van der Waals surface area (Å²) < 4.78 is 2.45. The van der Waals surface area contributed by atoms with Gasteiger partial charge in [0.25, 0.3) is 11.8 Å². The normalized spacial score (nSPS) is 21.1. The molecular formula is C48H61N7O2. The first-order valence-corrected chi connectivity index (χ1v) is 22.1. The zero-order valence-corrected chi connectivity index (χ0v) is 33.7. The van der Waals surface area contributed by atoms with E-state index < -0.39 is 0 Å². The average molecular weight is 768 g/mol. The van der Waals surface area contributed by atoms with Crippen molar-refractivity contribution in [2.75, 3.05) is 65.4 Å². The Morgan fingerprint density at radius 2 is 1.11 bits per heavy atom. The molecule has 2 saturated carbocycles. The van der Waals surface area contributed by atoms with E-state index in [-0.39, 0.29) is 11.8 Å². The van der Waals surface area contributed by atoms with Gasteiger partial charge in [0.15, 0.2) is 0 Å². The lowest BCUT2D eigenvalue weighted by atomic mass is 10.0. The highest BCUT2D eigenvalue weighted by Crippen LogP contribution is 2.30. The predicted molar refractivity (Wildman–Crippen MR) is 230 cm³/mol. The maximum atomic E-state index is 13.3. The standard InChI is InChI=1S/C30H38N4O.C18H23N3O/c35-30(33-20-18-32(19-21-33)27-8-4-5-9-27)26-10-11-29-25(22-26)12-17-34(29)28-13-15-31(16-14-28)23-24-6-2-1-3-7-24;22-18(15-5-6-17-14(13-15)7-8-19-17)21-11-9-20(10-12-21)16-3-1-2-4-16/h1-3,6-7,10-12,17,22,27-28H,4-5,8-9,13-16,18-21,23H2;5-8,13,16,19H,1-4,9-12H2. The van der Waals surface area contributed by atoms with E-state index in [0.717, 1.165) is 106 Å². The number of H-pyrrole nitrogens is 1. The Morgan fingerprint density at radius 1 is 0.544 bits per heavy atom. The molecule has 0 radical (unpaired) electrons. The third-order valence-electron chi connectivity index (χ3n) is 13.9. The van der Waals surface area contributed by atoms with Crippen molar-refractivity contribution < 1.29 is 9.59 Å². The van der Waals surface area contributed by atoms with Crippen molar-refractivity contribution in [3.63, 3.8) is 0 Å². The van der Waals surface area contributed by atoms with Gasteiger partial charge in [-0.2, -0.15) is 0 Å². The van der Waals surface area contributed by atoms with Crippen LogP contribution in [-0.2, 0) is 6.54 Å². The van der Waals surface area contributed by atoms with E-state index in [4.69, 9.17) is 0 Å². The molecule has 5 fully saturated rings. The zero-order chi connectivity index (χ0) is 38.6. The van der Waals surface area contributed by atoms with E-state index in [1.807, 2.05) is 35.4 Å². The van der Waals surface area contributed by atoms with Crippen LogP contribution in [0.4, 0.5) is 0 Å². The minimum absolute atomic E-state index is 0.175. The summed E-state index contributed by atoms with van der Waals surface area (Å²) in [6, 6.07) is 29.3. The summed E-state index contributed by atoms with van der Waals surface area (Å²) in [4.78, 5) is 41.0. The quantitative estimate of drug-likeness (QED) is 0.182. The predicted octanol–water partition coefficient (Wildman–Crippen LogP) is 8.05. The SMILES string of the molecule is O=C(c1ccc2[nH]ccc2c1)N1CCN(C2CCCC2)CC1.O=C(c1ccc2c(ccn2C2CCN(Cc3ccccc3)CC2)c1)N1CCN(C2CCCC2)CC1. The second-order valence-corrected chi connectivity index (χ2v) is 17.3. The number of hydrogen-bond donors (Lipinski definition) is 1. The molecule has 0 spiro atoms. The fourth-order valence-electron chi connectivity index (χ4n) is 10.5. The maximum Gasteiger partial charge on any atom is 0.253 e. The van der Waals surface area contributed by atoms with Gasteiger partial charge in [0.05, 0.1) is 0 Å². The highest BCUT2D eigenvalue weighted by atomic mass is 16.2. The lowest BCUT2D eigenvalue weighted by Crippen LogP contribution is -2.51. The van der Waals surface area contributed by atoms with Gasteiger partial charge in [-0.3, -0.25) is 24.3 Å². The van der Waals surface area contributed by atoms with Gasteiger partial charge in [-0.05, 0) is 92.6 Å². The van der Waals surface area contributed by atoms with Gasteiger partial charge in [-0.1, -0.05) is 56.0 Å². The summed E-state index contributed by atoms with van der Waals surface area (Å²) in [7, 11) is 0. The zero-order valence-electron chi connectivity index (χ0n) is 33.7. The molecule has 2 aliphatic carbocycles. The maximum absolute atomic E-state index is 13.3. The molecule has 9 heteroatoms. The average Bonchev–Trinajstić information content (AvgIpc) is 4.12. The first-order valence-electron chi connectivity index (χ1n) is 22.1. The fraction of sp³-hybridized carbons (Fsp3) is 0.500. The molecule has 0 bridgehead atoms. The van der Waals surface area contributed by atoms with Gasteiger partial charge in [0, 0.05) is 135 Å². The van der Waals surface area contributed by atoms with Crippen LogP contribution in [0.1, 0.15) is 96.5 Å². The molecule has 57 heavy (non-hydrogen) atoms. The second-order valence-electron chi connectivity index (χ2n) is 17.3. The van der Waals surface area contributed by atoms with Crippen molar-refractivity contribution in [2.24, 2.45) is 0 Å². The number of likely N-dealkylation sites (tertiary alicyclic amines) is 1. The fourth-order valence-corrected chi connectivity index (χ4v) is 10.5. The van der Waals surface area contributed by atoms with Gasteiger partial charge in [0.2, 0.25) is 0 Å². The van der Waals surface area contributed by atoms with Gasteiger partial charge in [-0.25, -0.2) is 0 Å². The lowest BCUT2D eigenvalue weighted by Gasteiger charge is -2.38. The summed E-state index contributed by atoms with van der Waals surface area (Å²) >= 11 is 0. The Bertz CT molecular complexity index is 2090. The monoisotopic (exact) mass is 767 g/mol. The number of carbonyl (C=O) groups excluding carboxylic acids is 2. The number of hydrogen-bond acceptors (Lipinski definition) is 5. The smallest absolute Gasteiger partial charge is 0.253 e. The van der Waals surface area contributed by atoms with E-state index >= 15 is 0 Å². The molecule has 9 nitrogen and oxygen atoms in total. The molecule has 5 aliphatic rings. The van der Waals surface area contributed by atoms with E-state index in [1.165, 1.54) is 80.7 Å². The van der Waals surface area contributed by atoms with Gasteiger partial charge in [0.1, 0.15) is 0 Å². The number of piperazine rings is 2. The molecule has 2 amide bonds. The number of aromatic amines is 1. The third-order valence-corrected chi connectivity index (χ3v) is 13.9. The number of piperidine rings is 1. The highest BCUT2D eigenvalue weighted by molar-refractivity contribution is 5.99. The molecule has 1 N–H and O–H groups in total. The van der Waals surface area contributed by atoms with Crippen LogP contribution in [0, 0.1) is 0 Å². The molecule has 3 aromatic carbocycles. The molecule has 5 aromatic rings. The van der Waals surface area contributed by atoms with Crippen LogP contribution >= 0.6 is 0 Å². The molecule has 300 valence electrons. The van der Waals surface area contributed by atoms with E-state index in [9.17, 15) is 9.59 Å². The molecule has 5 heterocycles. The molecule has 0 atom stereocenters. The van der Waals surface area contributed by atoms with Crippen molar-refractivity contribution in [1.82, 2.24) is 34.1 Å². The van der Waals surface area contributed by atoms with Crippen LogP contribution in [0.25, 0.3) is 21.8 Å². The van der Waals surface area contributed by atoms with E-state index in [1.54, 1.807) is 0 Å². The van der Waals surface area contributed by atoms with E-state index in [0.29, 0.717) is 6.04 Å². The topological polar surface area (TPSA) is 71.1 Å². The van der Waals surface area contributed by atoms with Gasteiger partial charge >= 0.3 is 0 Å². The Morgan fingerprint density at radius 3 is 1.70 bits per heavy atom. The largest absolute Gasteiger partial charge is 0.361 e. The summed E-state index contributed by atoms with van der Waals surface area (Å²) in [6.45, 7) is 10.8. The van der Waals surface area contributed by atoms with Gasteiger partial charge in [-0.15, -0.1) is 0 Å². The van der Waals surface area contributed by atoms with Crippen LogP contribution in [0.5, 0.6) is 0 Å². The Hall–Kier alpha value is -4.44. The van der Waals surface area contributed by atoms with Crippen molar-refractivity contribution in [1.29, 1.82) is 0 Å². The Labute approximate surface area is 338 Å². The molecule has 3 saturated heterocycles. The molecule has 2 aromatic heterocycles. The number of benzene rings is 3. The van der Waals surface area contributed by atoms with Crippen molar-refractivity contribution in [2.45, 2.75) is 88.9 Å². The number of carbonyl (C=O) groups is 2. The first-order chi connectivity index (χ1) is 28.1. The third kappa shape index (κ3) is 8.71. The first kappa shape index (κ1) is 38.1. The highest BCUT2D eigenvalue weighted by Gasteiger charge is 2.30. The number of aromatic nitrogens is 2. The minimum atomic E-state index is 0.175. The van der Waals surface area contributed by atoms with Crippen LogP contribution in [0.3, 0.4) is 0 Å². The molecule has 3 aliphatic heterocycles. The van der Waals surface area contributed by atoms with Crippen molar-refractivity contribution >= 4 is 33.6 Å². The van der Waals surface area contributed by atoms with Crippen LogP contribution in [-0.4, -0.2) is 123 Å². The second kappa shape index (κ2) is 17.6. The lowest BCUT2D eigenvalue weighted by molar-refractivity contribution is 0.0568. The molecule has 10 rings (SSSR count). The van der Waals surface area contributed by atoms with Crippen molar-refractivity contribution in [3.05, 3.63) is 108 Å². The Balaban J connectivity index is 0.000000165. The van der Waals surface area contributed by atoms with Crippen LogP contribution in [0.2, 0.25) is 0 Å². The van der Waals surface area contributed by atoms with Crippen LogP contribution < -0.4 is 0 Å². The number of nitrogens with zero attached hydrogens (tertiary/aromatic N) is 6. The van der Waals surface area contributed by atoms with Crippen molar-refractivity contribution in [3.8, 4) is 0 Å². The number of rotatable bonds is 7. The van der Waals surface area contributed by atoms with Gasteiger partial charge < -0.3 is 19.4 Å². The Kier molecular flexibility index (Phi) is 11.8. The van der Waals surface area contributed by atoms with Crippen LogP contribution in [0.15, 0.2) is 91.3 Å². The summed E-state index contributed by atoms with van der Waals surface area (Å²) in [5, 5.41) is 2.29. The van der Waals surface area contributed by atoms with E-state index in [2.05, 4.69) is 89.9 Å². The molecular weight excluding hydrogens is 707 g/mol.